The highest BCUT2D eigenvalue weighted by Crippen LogP contribution is 2.27. The number of hydrogen-bond donors (Lipinski definition) is 1. The van der Waals surface area contributed by atoms with Gasteiger partial charge in [0.25, 0.3) is 0 Å². The number of aromatic nitrogens is 3. The van der Waals surface area contributed by atoms with E-state index in [4.69, 9.17) is 0 Å². The van der Waals surface area contributed by atoms with Crippen molar-refractivity contribution in [1.29, 1.82) is 0 Å². The molecule has 5 nitrogen and oxygen atoms in total. The number of halogens is 1. The van der Waals surface area contributed by atoms with Crippen LogP contribution >= 0.6 is 0 Å². The van der Waals surface area contributed by atoms with Gasteiger partial charge in [-0.1, -0.05) is 26.0 Å². The summed E-state index contributed by atoms with van der Waals surface area (Å²) in [6.45, 7) is 7.90. The van der Waals surface area contributed by atoms with Crippen LogP contribution in [0.25, 0.3) is 0 Å². The van der Waals surface area contributed by atoms with Crippen molar-refractivity contribution in [3.63, 3.8) is 0 Å². The van der Waals surface area contributed by atoms with Crippen LogP contribution in [-0.4, -0.2) is 33.6 Å². The number of nitrogens with one attached hydrogen (secondary N) is 1. The van der Waals surface area contributed by atoms with Crippen LogP contribution in [0.2, 0.25) is 0 Å². The molecule has 2 unspecified atom stereocenters. The lowest BCUT2D eigenvalue weighted by atomic mass is 9.93. The van der Waals surface area contributed by atoms with Gasteiger partial charge in [0.1, 0.15) is 6.17 Å². The number of unbranched alkanes of at least 4 members (excludes halogenated alkanes) is 2. The molecule has 1 saturated carbocycles. The predicted octanol–water partition coefficient (Wildman–Crippen LogP) is 3.00. The SMILES string of the molecule is CC(C)(C)c1cn(CCCCCNC(=O)C2CCC(F)C2)nn1. The van der Waals surface area contributed by atoms with Gasteiger partial charge in [0, 0.05) is 30.6 Å². The molecule has 1 aliphatic carbocycles. The molecule has 1 heterocycles. The summed E-state index contributed by atoms with van der Waals surface area (Å²) in [5.74, 6) is -0.0905. The highest BCUT2D eigenvalue weighted by Gasteiger charge is 2.29. The largest absolute Gasteiger partial charge is 0.356 e. The Kier molecular flexibility index (Phi) is 6.13. The van der Waals surface area contributed by atoms with E-state index in [1.165, 1.54) is 0 Å². The Morgan fingerprint density at radius 3 is 2.74 bits per heavy atom. The molecule has 23 heavy (non-hydrogen) atoms. The lowest BCUT2D eigenvalue weighted by Gasteiger charge is -2.12. The summed E-state index contributed by atoms with van der Waals surface area (Å²) in [5.41, 5.74) is 1.04. The lowest BCUT2D eigenvalue weighted by molar-refractivity contribution is -0.124. The third-order valence-electron chi connectivity index (χ3n) is 4.41. The van der Waals surface area contributed by atoms with Crippen LogP contribution in [-0.2, 0) is 16.8 Å². The van der Waals surface area contributed by atoms with Gasteiger partial charge in [0.15, 0.2) is 0 Å². The summed E-state index contributed by atoms with van der Waals surface area (Å²) < 4.78 is 15.0. The molecule has 1 aromatic rings. The molecule has 0 aromatic carbocycles. The van der Waals surface area contributed by atoms with Gasteiger partial charge in [-0.2, -0.15) is 0 Å². The topological polar surface area (TPSA) is 59.8 Å². The molecule has 1 fully saturated rings. The first-order valence-corrected chi connectivity index (χ1v) is 8.68. The molecule has 0 aliphatic heterocycles. The van der Waals surface area contributed by atoms with E-state index in [1.807, 2.05) is 10.9 Å². The smallest absolute Gasteiger partial charge is 0.223 e. The van der Waals surface area contributed by atoms with Crippen molar-refractivity contribution in [2.45, 2.75) is 77.4 Å². The van der Waals surface area contributed by atoms with E-state index >= 15 is 0 Å². The zero-order valence-electron chi connectivity index (χ0n) is 14.5. The summed E-state index contributed by atoms with van der Waals surface area (Å²) in [7, 11) is 0. The molecular formula is C17H29FN4O. The first-order chi connectivity index (χ1) is 10.9. The number of carbonyl (C=O) groups is 1. The third-order valence-corrected chi connectivity index (χ3v) is 4.41. The first-order valence-electron chi connectivity index (χ1n) is 8.68. The standard InChI is InChI=1S/C17H29FN4O/c1-17(2,3)15-12-22(21-20-15)10-6-4-5-9-19-16(23)13-7-8-14(18)11-13/h12-14H,4-11H2,1-3H3,(H,19,23). The lowest BCUT2D eigenvalue weighted by Crippen LogP contribution is -2.30. The van der Waals surface area contributed by atoms with E-state index in [1.54, 1.807) is 0 Å². The molecule has 1 aromatic heterocycles. The summed E-state index contributed by atoms with van der Waals surface area (Å²) in [6.07, 6.45) is 5.83. The summed E-state index contributed by atoms with van der Waals surface area (Å²) >= 11 is 0. The molecule has 1 amide bonds. The van der Waals surface area contributed by atoms with Gasteiger partial charge in [-0.25, -0.2) is 4.39 Å². The fourth-order valence-corrected chi connectivity index (χ4v) is 2.85. The predicted molar refractivity (Wildman–Crippen MR) is 87.8 cm³/mol. The molecule has 130 valence electrons. The van der Waals surface area contributed by atoms with E-state index in [-0.39, 0.29) is 17.2 Å². The monoisotopic (exact) mass is 324 g/mol. The van der Waals surface area contributed by atoms with Gasteiger partial charge < -0.3 is 5.32 Å². The zero-order valence-corrected chi connectivity index (χ0v) is 14.5. The fraction of sp³-hybridized carbons (Fsp3) is 0.824. The van der Waals surface area contributed by atoms with Gasteiger partial charge in [0.05, 0.1) is 5.69 Å². The van der Waals surface area contributed by atoms with Gasteiger partial charge >= 0.3 is 0 Å². The van der Waals surface area contributed by atoms with Gasteiger partial charge in [-0.05, 0) is 38.5 Å². The maximum absolute atomic E-state index is 13.1. The van der Waals surface area contributed by atoms with Crippen molar-refractivity contribution in [2.24, 2.45) is 5.92 Å². The van der Waals surface area contributed by atoms with E-state index in [9.17, 15) is 9.18 Å². The van der Waals surface area contributed by atoms with Crippen LogP contribution in [0.5, 0.6) is 0 Å². The number of aryl methyl sites for hydroxylation is 1. The second kappa shape index (κ2) is 7.88. The number of amides is 1. The Labute approximate surface area is 138 Å². The van der Waals surface area contributed by atoms with Gasteiger partial charge in [-0.15, -0.1) is 5.10 Å². The van der Waals surface area contributed by atoms with Crippen LogP contribution in [0.1, 0.15) is 65.0 Å². The van der Waals surface area contributed by atoms with Crippen molar-refractivity contribution in [2.75, 3.05) is 6.54 Å². The van der Waals surface area contributed by atoms with E-state index in [0.717, 1.165) is 31.5 Å². The zero-order chi connectivity index (χ0) is 16.9. The Morgan fingerprint density at radius 2 is 2.13 bits per heavy atom. The number of carbonyl (C=O) groups excluding carboxylic acids is 1. The Hall–Kier alpha value is -1.46. The molecular weight excluding hydrogens is 295 g/mol. The van der Waals surface area contributed by atoms with Crippen LogP contribution in [0.3, 0.4) is 0 Å². The van der Waals surface area contributed by atoms with Crippen molar-refractivity contribution in [3.8, 4) is 0 Å². The molecule has 0 spiro atoms. The van der Waals surface area contributed by atoms with Crippen LogP contribution in [0.4, 0.5) is 4.39 Å². The molecule has 2 atom stereocenters. The average Bonchev–Trinajstić information content (AvgIpc) is 3.10. The van der Waals surface area contributed by atoms with Gasteiger partial charge in [0.2, 0.25) is 5.91 Å². The number of hydrogen-bond acceptors (Lipinski definition) is 3. The maximum Gasteiger partial charge on any atom is 0.223 e. The van der Waals surface area contributed by atoms with Crippen LogP contribution < -0.4 is 5.32 Å². The minimum absolute atomic E-state index is 0.0243. The fourth-order valence-electron chi connectivity index (χ4n) is 2.85. The number of alkyl halides is 1. The normalized spacial score (nSPS) is 21.6. The highest BCUT2D eigenvalue weighted by molar-refractivity contribution is 5.78. The second-order valence-electron chi connectivity index (χ2n) is 7.58. The average molecular weight is 324 g/mol. The minimum atomic E-state index is -0.786. The minimum Gasteiger partial charge on any atom is -0.356 e. The van der Waals surface area contributed by atoms with Crippen LogP contribution in [0, 0.1) is 5.92 Å². The van der Waals surface area contributed by atoms with Gasteiger partial charge in [-0.3, -0.25) is 9.48 Å². The third kappa shape index (κ3) is 5.59. The van der Waals surface area contributed by atoms with Crippen molar-refractivity contribution in [1.82, 2.24) is 20.3 Å². The maximum atomic E-state index is 13.1. The van der Waals surface area contributed by atoms with E-state index < -0.39 is 6.17 Å². The summed E-state index contributed by atoms with van der Waals surface area (Å²) in [5, 5.41) is 11.3. The molecule has 1 N–H and O–H groups in total. The molecule has 6 heteroatoms. The van der Waals surface area contributed by atoms with Crippen molar-refractivity contribution < 1.29 is 9.18 Å². The van der Waals surface area contributed by atoms with Crippen molar-refractivity contribution in [3.05, 3.63) is 11.9 Å². The number of rotatable bonds is 7. The summed E-state index contributed by atoms with van der Waals surface area (Å²) in [6, 6.07) is 0. The molecule has 2 rings (SSSR count). The molecule has 1 aliphatic rings. The Morgan fingerprint density at radius 1 is 1.35 bits per heavy atom. The molecule has 0 bridgehead atoms. The second-order valence-corrected chi connectivity index (χ2v) is 7.58. The summed E-state index contributed by atoms with van der Waals surface area (Å²) in [4.78, 5) is 11.8. The Balaban J connectivity index is 1.56. The van der Waals surface area contributed by atoms with Crippen LogP contribution in [0.15, 0.2) is 6.20 Å². The number of nitrogens with zero attached hydrogens (tertiary/aromatic N) is 3. The van der Waals surface area contributed by atoms with E-state index in [0.29, 0.717) is 25.8 Å². The quantitative estimate of drug-likeness (QED) is 0.784. The highest BCUT2D eigenvalue weighted by atomic mass is 19.1. The first kappa shape index (κ1) is 17.9. The molecule has 0 radical (unpaired) electrons. The Bertz CT molecular complexity index is 509. The van der Waals surface area contributed by atoms with Crippen molar-refractivity contribution >= 4 is 5.91 Å². The molecule has 0 saturated heterocycles. The van der Waals surface area contributed by atoms with E-state index in [2.05, 4.69) is 36.4 Å².